The third-order valence-corrected chi connectivity index (χ3v) is 13.2. The van der Waals surface area contributed by atoms with Crippen LogP contribution >= 0.6 is 0 Å². The number of likely N-dealkylation sites (tertiary alicyclic amines) is 1. The van der Waals surface area contributed by atoms with E-state index in [2.05, 4.69) is 20.5 Å². The maximum Gasteiger partial charge on any atom is 0.326 e. The lowest BCUT2D eigenvalue weighted by Gasteiger charge is -2.42. The lowest BCUT2D eigenvalue weighted by atomic mass is 9.86. The molecule has 3 aliphatic rings. The van der Waals surface area contributed by atoms with Crippen LogP contribution in [0.15, 0.2) is 95.8 Å². The van der Waals surface area contributed by atoms with Crippen molar-refractivity contribution in [2.45, 2.75) is 57.2 Å². The summed E-state index contributed by atoms with van der Waals surface area (Å²) in [7, 11) is -2.65. The summed E-state index contributed by atoms with van der Waals surface area (Å²) in [6, 6.07) is 25.8. The minimum Gasteiger partial charge on any atom is -0.487 e. The molecule has 318 valence electrons. The van der Waals surface area contributed by atoms with Gasteiger partial charge in [0.1, 0.15) is 24.6 Å². The van der Waals surface area contributed by atoms with Crippen LogP contribution in [0.1, 0.15) is 54.8 Å². The average Bonchev–Trinajstić information content (AvgIpc) is 3.70. The second-order valence-corrected chi connectivity index (χ2v) is 17.4. The minimum atomic E-state index is -4.37. The van der Waals surface area contributed by atoms with Gasteiger partial charge in [-0.1, -0.05) is 67.1 Å². The topological polar surface area (TPSA) is 192 Å². The summed E-state index contributed by atoms with van der Waals surface area (Å²) in [5, 5.41) is 5.77. The van der Waals surface area contributed by atoms with Crippen molar-refractivity contribution in [3.63, 3.8) is 0 Å². The molecule has 2 unspecified atom stereocenters. The van der Waals surface area contributed by atoms with Gasteiger partial charge in [0.15, 0.2) is 5.82 Å². The molecule has 4 N–H and O–H groups in total. The van der Waals surface area contributed by atoms with Gasteiger partial charge in [0, 0.05) is 36.1 Å². The third kappa shape index (κ3) is 7.68. The van der Waals surface area contributed by atoms with Crippen molar-refractivity contribution in [1.29, 1.82) is 0 Å². The van der Waals surface area contributed by atoms with E-state index in [1.165, 1.54) is 18.2 Å². The third-order valence-electron chi connectivity index (χ3n) is 11.8. The summed E-state index contributed by atoms with van der Waals surface area (Å²) in [5.41, 5.74) is 5.26. The van der Waals surface area contributed by atoms with Crippen LogP contribution in [0.2, 0.25) is 0 Å². The monoisotopic (exact) mass is 859 g/mol. The average molecular weight is 860 g/mol. The van der Waals surface area contributed by atoms with Crippen LogP contribution in [0.3, 0.4) is 0 Å². The normalized spacial score (nSPS) is 19.1. The number of nitrogens with one attached hydrogen (secondary N) is 4. The first-order valence-electron chi connectivity index (χ1n) is 20.3. The number of benzene rings is 5. The zero-order valence-electron chi connectivity index (χ0n) is 33.6. The summed E-state index contributed by atoms with van der Waals surface area (Å²) >= 11 is 0. The number of fused-ring (bicyclic) bond motifs is 2. The number of ether oxygens (including phenoxy) is 1. The van der Waals surface area contributed by atoms with Crippen molar-refractivity contribution in [2.75, 3.05) is 22.7 Å². The molecular weight excluding hydrogens is 818 g/mol. The van der Waals surface area contributed by atoms with E-state index in [1.807, 2.05) is 47.2 Å². The van der Waals surface area contributed by atoms with Crippen molar-refractivity contribution in [3.05, 3.63) is 124 Å². The number of carbonyl (C=O) groups is 4. The quantitative estimate of drug-likeness (QED) is 0.136. The number of aromatic nitrogens is 2. The Bertz CT molecular complexity index is 2970. The Labute approximate surface area is 355 Å². The molecule has 3 aliphatic heterocycles. The van der Waals surface area contributed by atoms with Crippen molar-refractivity contribution in [1.82, 2.24) is 24.5 Å². The van der Waals surface area contributed by atoms with E-state index in [0.29, 0.717) is 39.4 Å². The molecule has 15 nitrogen and oxygen atoms in total. The number of rotatable bonds is 10. The zero-order chi connectivity index (χ0) is 43.3. The van der Waals surface area contributed by atoms with E-state index in [4.69, 9.17) is 4.74 Å². The first-order valence-corrected chi connectivity index (χ1v) is 21.7. The van der Waals surface area contributed by atoms with Crippen LogP contribution in [-0.4, -0.2) is 65.6 Å². The van der Waals surface area contributed by atoms with Gasteiger partial charge in [-0.25, -0.2) is 18.2 Å². The molecule has 0 saturated carbocycles. The smallest absolute Gasteiger partial charge is 0.326 e. The van der Waals surface area contributed by atoms with Crippen molar-refractivity contribution >= 4 is 67.0 Å². The number of imide groups is 1. The van der Waals surface area contributed by atoms with Gasteiger partial charge in [-0.15, -0.1) is 0 Å². The van der Waals surface area contributed by atoms with Gasteiger partial charge < -0.3 is 15.0 Å². The molecule has 0 aliphatic carbocycles. The Morgan fingerprint density at radius 2 is 1.68 bits per heavy atom. The molecule has 4 heterocycles. The summed E-state index contributed by atoms with van der Waals surface area (Å²) in [6.07, 6.45) is 3.27. The highest BCUT2D eigenvalue weighted by atomic mass is 32.2. The largest absolute Gasteiger partial charge is 0.487 e. The molecule has 4 amide bonds. The first-order chi connectivity index (χ1) is 29.8. The van der Waals surface area contributed by atoms with E-state index in [9.17, 15) is 32.4 Å². The van der Waals surface area contributed by atoms with Gasteiger partial charge in [-0.3, -0.25) is 34.0 Å². The van der Waals surface area contributed by atoms with Crippen LogP contribution in [0.25, 0.3) is 32.9 Å². The molecule has 0 radical (unpaired) electrons. The first kappa shape index (κ1) is 40.6. The Kier molecular flexibility index (Phi) is 10.6. The lowest BCUT2D eigenvalue weighted by Crippen LogP contribution is -2.54. The van der Waals surface area contributed by atoms with Crippen molar-refractivity contribution < 1.29 is 36.7 Å². The number of H-pyrrole nitrogens is 1. The minimum absolute atomic E-state index is 0.00757. The maximum absolute atomic E-state index is 16.3. The fourth-order valence-corrected chi connectivity index (χ4v) is 10.1. The van der Waals surface area contributed by atoms with Gasteiger partial charge in [-0.05, 0) is 83.8 Å². The number of hydrogen-bond acceptors (Lipinski definition) is 9. The number of nitrogens with zero attached hydrogens (tertiary/aromatic N) is 3. The number of aryl methyl sites for hydroxylation is 1. The summed E-state index contributed by atoms with van der Waals surface area (Å²) in [4.78, 5) is 68.8. The van der Waals surface area contributed by atoms with Gasteiger partial charge in [0.05, 0.1) is 23.5 Å². The van der Waals surface area contributed by atoms with Crippen LogP contribution in [0.4, 0.5) is 15.8 Å². The second kappa shape index (κ2) is 16.2. The SMILES string of the molecule is Cn1c(=O)[nH]c2ccc(-c3ccc(CC(=O)Nc4ccc5c(F)c(N6CC(=O)NS6(=O)=O)c(OCc6ccccc6)cc5c4)cc3)c(C3CCCCN3C3CCC(=O)NC3=O)c21. The molecule has 0 spiro atoms. The number of piperidine rings is 2. The second-order valence-electron chi connectivity index (χ2n) is 15.8. The molecule has 9 rings (SSSR count). The lowest BCUT2D eigenvalue weighted by molar-refractivity contribution is -0.139. The molecular formula is C45H42FN7O8S. The summed E-state index contributed by atoms with van der Waals surface area (Å²) in [5.74, 6) is -2.73. The van der Waals surface area contributed by atoms with E-state index in [-0.39, 0.29) is 60.0 Å². The number of hydrogen-bond donors (Lipinski definition) is 4. The standard InChI is InChI=1S/C45H42FN7O8S/c1-51-42-33(48-45(51)58)17-16-31(40(42)34-9-5-6-20-52(34)35-18-19-37(54)49-44(35)57)28-12-10-26(11-13-28)21-38(55)47-30-14-15-32-29(22-30)23-36(61-25-27-7-3-2-4-8-27)43(41(32)46)53-24-39(56)50-62(53,59)60/h2-4,7-8,10-17,22-23,34-35H,5-6,9,18-21,24-25H2,1H3,(H,47,55)(H,48,58)(H,50,56)(H,49,54,57). The predicted octanol–water partition coefficient (Wildman–Crippen LogP) is 5.10. The number of aromatic amines is 1. The Hall–Kier alpha value is -6.85. The fraction of sp³-hybridized carbons (Fsp3) is 0.267. The summed E-state index contributed by atoms with van der Waals surface area (Å²) in [6.45, 7) is 0.0420. The Morgan fingerprint density at radius 3 is 2.42 bits per heavy atom. The number of halogens is 1. The molecule has 1 aromatic heterocycles. The number of amides is 4. The molecule has 62 heavy (non-hydrogen) atoms. The highest BCUT2D eigenvalue weighted by Gasteiger charge is 2.40. The van der Waals surface area contributed by atoms with Crippen LogP contribution in [-0.2, 0) is 49.5 Å². The fourth-order valence-electron chi connectivity index (χ4n) is 8.92. The van der Waals surface area contributed by atoms with E-state index in [1.54, 1.807) is 41.9 Å². The molecule has 0 bridgehead atoms. The molecule has 3 fully saturated rings. The highest BCUT2D eigenvalue weighted by Crippen LogP contribution is 2.43. The zero-order valence-corrected chi connectivity index (χ0v) is 34.4. The number of anilines is 2. The maximum atomic E-state index is 16.3. The highest BCUT2D eigenvalue weighted by molar-refractivity contribution is 7.92. The van der Waals surface area contributed by atoms with Crippen LogP contribution in [0, 0.1) is 5.82 Å². The van der Waals surface area contributed by atoms with Gasteiger partial charge in [0.25, 0.3) is 5.91 Å². The van der Waals surface area contributed by atoms with Gasteiger partial charge in [0.2, 0.25) is 17.7 Å². The summed E-state index contributed by atoms with van der Waals surface area (Å²) < 4.78 is 52.1. The number of carbonyl (C=O) groups excluding carboxylic acids is 4. The van der Waals surface area contributed by atoms with Gasteiger partial charge in [-0.2, -0.15) is 8.42 Å². The molecule has 5 aromatic carbocycles. The van der Waals surface area contributed by atoms with Crippen molar-refractivity contribution in [3.8, 4) is 16.9 Å². The Balaban J connectivity index is 0.977. The van der Waals surface area contributed by atoms with Crippen LogP contribution < -0.4 is 30.1 Å². The molecule has 3 saturated heterocycles. The predicted molar refractivity (Wildman–Crippen MR) is 230 cm³/mol. The Morgan fingerprint density at radius 1 is 0.887 bits per heavy atom. The van der Waals surface area contributed by atoms with Crippen molar-refractivity contribution in [2.24, 2.45) is 7.05 Å². The van der Waals surface area contributed by atoms with E-state index in [0.717, 1.165) is 47.0 Å². The van der Waals surface area contributed by atoms with Crippen LogP contribution in [0.5, 0.6) is 5.75 Å². The molecule has 2 atom stereocenters. The molecule has 17 heteroatoms. The molecule has 6 aromatic rings. The van der Waals surface area contributed by atoms with E-state index >= 15 is 4.39 Å². The van der Waals surface area contributed by atoms with E-state index < -0.39 is 40.2 Å². The van der Waals surface area contributed by atoms with Gasteiger partial charge >= 0.3 is 15.9 Å². The number of imidazole rings is 1.